The Kier molecular flexibility index (Phi) is 6.41. The Morgan fingerprint density at radius 3 is 2.30 bits per heavy atom. The van der Waals surface area contributed by atoms with E-state index in [4.69, 9.17) is 9.47 Å². The fraction of sp³-hybridized carbons (Fsp3) is 0.812. The molecule has 1 aliphatic rings. The van der Waals surface area contributed by atoms with Crippen LogP contribution < -0.4 is 5.32 Å². The molecule has 23 heavy (non-hydrogen) atoms. The molecule has 132 valence electrons. The van der Waals surface area contributed by atoms with Gasteiger partial charge < -0.3 is 14.8 Å². The lowest BCUT2D eigenvalue weighted by atomic mass is 10.0. The predicted octanol–water partition coefficient (Wildman–Crippen LogP) is 1.70. The van der Waals surface area contributed by atoms with Gasteiger partial charge in [-0.25, -0.2) is 9.59 Å². The average molecular weight is 328 g/mol. The van der Waals surface area contributed by atoms with Crippen LogP contribution >= 0.6 is 0 Å². The number of methoxy groups -OCH3 is 1. The zero-order valence-corrected chi connectivity index (χ0v) is 14.8. The molecule has 7 nitrogen and oxygen atoms in total. The molecule has 0 aromatic rings. The molecule has 1 fully saturated rings. The van der Waals surface area contributed by atoms with E-state index in [0.29, 0.717) is 13.0 Å². The van der Waals surface area contributed by atoms with Gasteiger partial charge in [-0.1, -0.05) is 13.8 Å². The highest BCUT2D eigenvalue weighted by Gasteiger charge is 2.38. The summed E-state index contributed by atoms with van der Waals surface area (Å²) < 4.78 is 10.1. The maximum atomic E-state index is 12.5. The van der Waals surface area contributed by atoms with Crippen molar-refractivity contribution in [1.82, 2.24) is 10.2 Å². The molecule has 0 spiro atoms. The summed E-state index contributed by atoms with van der Waals surface area (Å²) in [7, 11) is 1.28. The van der Waals surface area contributed by atoms with Gasteiger partial charge in [0, 0.05) is 6.54 Å². The number of hydrogen-bond donors (Lipinski definition) is 1. The highest BCUT2D eigenvalue weighted by Crippen LogP contribution is 2.21. The lowest BCUT2D eigenvalue weighted by Gasteiger charge is -2.29. The molecule has 7 heteroatoms. The van der Waals surface area contributed by atoms with Crippen LogP contribution in [0.25, 0.3) is 0 Å². The Morgan fingerprint density at radius 1 is 1.22 bits per heavy atom. The molecule has 0 unspecified atom stereocenters. The van der Waals surface area contributed by atoms with Crippen molar-refractivity contribution in [3.63, 3.8) is 0 Å². The van der Waals surface area contributed by atoms with Gasteiger partial charge in [0.05, 0.1) is 7.11 Å². The smallest absolute Gasteiger partial charge is 0.410 e. The fourth-order valence-corrected chi connectivity index (χ4v) is 2.45. The zero-order chi connectivity index (χ0) is 17.8. The van der Waals surface area contributed by atoms with E-state index in [-0.39, 0.29) is 11.8 Å². The molecule has 0 radical (unpaired) electrons. The van der Waals surface area contributed by atoms with E-state index < -0.39 is 29.7 Å². The molecule has 1 saturated heterocycles. The third-order valence-electron chi connectivity index (χ3n) is 3.60. The molecule has 0 saturated carbocycles. The van der Waals surface area contributed by atoms with Crippen LogP contribution in [0.1, 0.15) is 47.5 Å². The predicted molar refractivity (Wildman–Crippen MR) is 84.7 cm³/mol. The number of ether oxygens (including phenoxy) is 2. The van der Waals surface area contributed by atoms with Crippen molar-refractivity contribution in [2.45, 2.75) is 65.1 Å². The van der Waals surface area contributed by atoms with Gasteiger partial charge in [-0.05, 0) is 39.5 Å². The van der Waals surface area contributed by atoms with Crippen molar-refractivity contribution in [3.05, 3.63) is 0 Å². The largest absolute Gasteiger partial charge is 0.467 e. The van der Waals surface area contributed by atoms with E-state index in [1.54, 1.807) is 20.8 Å². The minimum atomic E-state index is -0.728. The number of carbonyl (C=O) groups excluding carboxylic acids is 3. The molecule has 0 aliphatic carbocycles. The fourth-order valence-electron chi connectivity index (χ4n) is 2.45. The Morgan fingerprint density at radius 2 is 1.83 bits per heavy atom. The normalized spacial score (nSPS) is 19.4. The molecule has 1 aliphatic heterocycles. The van der Waals surface area contributed by atoms with E-state index in [9.17, 15) is 14.4 Å². The average Bonchev–Trinajstić information content (AvgIpc) is 2.91. The Labute approximate surface area is 137 Å². The second-order valence-electron chi connectivity index (χ2n) is 7.09. The van der Waals surface area contributed by atoms with Gasteiger partial charge in [-0.15, -0.1) is 0 Å². The minimum Gasteiger partial charge on any atom is -0.467 e. The van der Waals surface area contributed by atoms with E-state index in [2.05, 4.69) is 5.32 Å². The number of rotatable bonds is 4. The van der Waals surface area contributed by atoms with E-state index in [1.165, 1.54) is 12.0 Å². The third-order valence-corrected chi connectivity index (χ3v) is 3.60. The van der Waals surface area contributed by atoms with E-state index in [1.807, 2.05) is 13.8 Å². The van der Waals surface area contributed by atoms with Crippen LogP contribution in [-0.4, -0.2) is 54.2 Å². The molecular weight excluding hydrogens is 300 g/mol. The van der Waals surface area contributed by atoms with Gasteiger partial charge in [-0.3, -0.25) is 9.69 Å². The molecule has 1 rings (SSSR count). The topological polar surface area (TPSA) is 84.9 Å². The maximum Gasteiger partial charge on any atom is 0.410 e. The number of esters is 1. The quantitative estimate of drug-likeness (QED) is 0.794. The molecule has 2 atom stereocenters. The minimum absolute atomic E-state index is 0.109. The Bertz CT molecular complexity index is 456. The highest BCUT2D eigenvalue weighted by molar-refractivity contribution is 5.90. The van der Waals surface area contributed by atoms with Gasteiger partial charge in [0.25, 0.3) is 0 Å². The zero-order valence-electron chi connectivity index (χ0n) is 14.8. The number of likely N-dealkylation sites (tertiary alicyclic amines) is 1. The summed E-state index contributed by atoms with van der Waals surface area (Å²) in [5, 5.41) is 2.69. The number of carbonyl (C=O) groups is 3. The Balaban J connectivity index is 2.77. The van der Waals surface area contributed by atoms with Crippen molar-refractivity contribution in [2.75, 3.05) is 13.7 Å². The van der Waals surface area contributed by atoms with Crippen molar-refractivity contribution >= 4 is 18.0 Å². The lowest BCUT2D eigenvalue weighted by Crippen LogP contribution is -2.53. The summed E-state index contributed by atoms with van der Waals surface area (Å²) in [6, 6.07) is -1.34. The summed E-state index contributed by atoms with van der Waals surface area (Å²) in [6.45, 7) is 9.45. The van der Waals surface area contributed by atoms with Crippen molar-refractivity contribution in [3.8, 4) is 0 Å². The van der Waals surface area contributed by atoms with E-state index in [0.717, 1.165) is 6.42 Å². The number of amides is 2. The first-order valence-corrected chi connectivity index (χ1v) is 7.94. The molecule has 1 N–H and O–H groups in total. The van der Waals surface area contributed by atoms with Gasteiger partial charge in [0.15, 0.2) is 0 Å². The van der Waals surface area contributed by atoms with Crippen LogP contribution in [0.4, 0.5) is 4.79 Å². The van der Waals surface area contributed by atoms with Crippen LogP contribution in [0, 0.1) is 5.92 Å². The first kappa shape index (κ1) is 19.3. The summed E-state index contributed by atoms with van der Waals surface area (Å²) in [5.41, 5.74) is -0.618. The van der Waals surface area contributed by atoms with Crippen LogP contribution in [0.3, 0.4) is 0 Å². The van der Waals surface area contributed by atoms with Crippen molar-refractivity contribution < 1.29 is 23.9 Å². The molecular formula is C16H28N2O5. The maximum absolute atomic E-state index is 12.5. The van der Waals surface area contributed by atoms with Crippen LogP contribution in [0.2, 0.25) is 0 Å². The number of hydrogen-bond acceptors (Lipinski definition) is 5. The molecule has 2 amide bonds. The van der Waals surface area contributed by atoms with Gasteiger partial charge in [0.2, 0.25) is 5.91 Å². The monoisotopic (exact) mass is 328 g/mol. The first-order valence-electron chi connectivity index (χ1n) is 7.94. The van der Waals surface area contributed by atoms with Gasteiger partial charge in [0.1, 0.15) is 17.7 Å². The van der Waals surface area contributed by atoms with Crippen molar-refractivity contribution in [1.29, 1.82) is 0 Å². The second-order valence-corrected chi connectivity index (χ2v) is 7.09. The molecule has 0 aromatic heterocycles. The summed E-state index contributed by atoms with van der Waals surface area (Å²) in [4.78, 5) is 37.9. The second kappa shape index (κ2) is 7.66. The molecule has 1 heterocycles. The summed E-state index contributed by atoms with van der Waals surface area (Å²) in [5.74, 6) is -0.949. The van der Waals surface area contributed by atoms with Crippen LogP contribution in [0.5, 0.6) is 0 Å². The Hall–Kier alpha value is -1.79. The highest BCUT2D eigenvalue weighted by atomic mass is 16.6. The lowest BCUT2D eigenvalue weighted by molar-refractivity contribution is -0.146. The van der Waals surface area contributed by atoms with E-state index >= 15 is 0 Å². The van der Waals surface area contributed by atoms with Gasteiger partial charge >= 0.3 is 12.1 Å². The SMILES string of the molecule is COC(=O)[C@@H](NC(=O)[C@H]1CCCN1C(=O)OC(C)(C)C)C(C)C. The molecule has 0 aromatic carbocycles. The standard InChI is InChI=1S/C16H28N2O5/c1-10(2)12(14(20)22-6)17-13(19)11-8-7-9-18(11)15(21)23-16(3,4)5/h10-12H,7-9H2,1-6H3,(H,17,19)/t11-,12+/m1/s1. The summed E-state index contributed by atoms with van der Waals surface area (Å²) in [6.07, 6.45) is 0.771. The van der Waals surface area contributed by atoms with Crippen LogP contribution in [-0.2, 0) is 19.1 Å². The third kappa shape index (κ3) is 5.41. The number of nitrogens with one attached hydrogen (secondary N) is 1. The van der Waals surface area contributed by atoms with Crippen molar-refractivity contribution in [2.24, 2.45) is 5.92 Å². The molecule has 0 bridgehead atoms. The van der Waals surface area contributed by atoms with Gasteiger partial charge in [-0.2, -0.15) is 0 Å². The first-order chi connectivity index (χ1) is 10.6. The summed E-state index contributed by atoms with van der Waals surface area (Å²) >= 11 is 0. The number of nitrogens with zero attached hydrogens (tertiary/aromatic N) is 1. The van der Waals surface area contributed by atoms with Crippen LogP contribution in [0.15, 0.2) is 0 Å².